The number of benzene rings is 2. The average Bonchev–Trinajstić information content (AvgIpc) is 2.52. The zero-order chi connectivity index (χ0) is 15.2. The molecule has 0 spiro atoms. The van der Waals surface area contributed by atoms with Gasteiger partial charge in [-0.05, 0) is 42.3 Å². The maximum atomic E-state index is 9.57. The molecule has 0 amide bonds. The number of methoxy groups -OCH3 is 1. The molecule has 1 unspecified atom stereocenters. The Kier molecular flexibility index (Phi) is 4.81. The Morgan fingerprint density at radius 3 is 2.67 bits per heavy atom. The Balaban J connectivity index is 2.14. The molecule has 0 aliphatic heterocycles. The lowest BCUT2D eigenvalue weighted by Crippen LogP contribution is -1.99. The Bertz CT molecular complexity index is 659. The molecule has 4 nitrogen and oxygen atoms in total. The highest BCUT2D eigenvalue weighted by Gasteiger charge is 2.09. The van der Waals surface area contributed by atoms with Crippen LogP contribution in [0.15, 0.2) is 42.5 Å². The highest BCUT2D eigenvalue weighted by atomic mass is 16.5. The molecule has 21 heavy (non-hydrogen) atoms. The van der Waals surface area contributed by atoms with E-state index in [4.69, 9.17) is 14.7 Å². The van der Waals surface area contributed by atoms with Gasteiger partial charge in [0, 0.05) is 0 Å². The maximum Gasteiger partial charge on any atom is 0.161 e. The minimum absolute atomic E-state index is 0.347. The van der Waals surface area contributed by atoms with E-state index in [-0.39, 0.29) is 0 Å². The molecule has 0 fully saturated rings. The summed E-state index contributed by atoms with van der Waals surface area (Å²) in [6.45, 7) is 2.04. The van der Waals surface area contributed by atoms with Gasteiger partial charge in [0.1, 0.15) is 6.61 Å². The van der Waals surface area contributed by atoms with E-state index in [9.17, 15) is 5.11 Å². The van der Waals surface area contributed by atoms with E-state index in [0.29, 0.717) is 23.7 Å². The first-order valence-corrected chi connectivity index (χ1v) is 6.62. The molecule has 0 saturated heterocycles. The van der Waals surface area contributed by atoms with Gasteiger partial charge in [0.05, 0.1) is 24.8 Å². The fraction of sp³-hybridized carbons (Fsp3) is 0.235. The normalized spacial score (nSPS) is 11.5. The molecule has 0 aliphatic rings. The highest BCUT2D eigenvalue weighted by molar-refractivity contribution is 5.43. The van der Waals surface area contributed by atoms with Gasteiger partial charge in [0.15, 0.2) is 11.5 Å². The third kappa shape index (κ3) is 3.74. The minimum atomic E-state index is -0.555. The summed E-state index contributed by atoms with van der Waals surface area (Å²) in [7, 11) is 1.56. The van der Waals surface area contributed by atoms with E-state index in [0.717, 1.165) is 11.1 Å². The second kappa shape index (κ2) is 6.78. The second-order valence-corrected chi connectivity index (χ2v) is 4.69. The third-order valence-electron chi connectivity index (χ3n) is 3.12. The van der Waals surface area contributed by atoms with Crippen LogP contribution in [0.5, 0.6) is 11.5 Å². The smallest absolute Gasteiger partial charge is 0.161 e. The number of aliphatic hydroxyl groups is 1. The van der Waals surface area contributed by atoms with Crippen LogP contribution in [0.1, 0.15) is 29.7 Å². The van der Waals surface area contributed by atoms with Crippen molar-refractivity contribution in [3.8, 4) is 17.6 Å². The van der Waals surface area contributed by atoms with E-state index < -0.39 is 6.10 Å². The largest absolute Gasteiger partial charge is 0.493 e. The molecule has 0 aliphatic carbocycles. The summed E-state index contributed by atoms with van der Waals surface area (Å²) in [6, 6.07) is 14.7. The summed E-state index contributed by atoms with van der Waals surface area (Å²) in [5.41, 5.74) is 2.29. The van der Waals surface area contributed by atoms with Crippen LogP contribution in [0, 0.1) is 11.3 Å². The van der Waals surface area contributed by atoms with E-state index in [2.05, 4.69) is 6.07 Å². The van der Waals surface area contributed by atoms with Crippen LogP contribution in [0.3, 0.4) is 0 Å². The predicted octanol–water partition coefficient (Wildman–Crippen LogP) is 3.20. The maximum absolute atomic E-state index is 9.57. The van der Waals surface area contributed by atoms with Crippen LogP contribution in [0.4, 0.5) is 0 Å². The van der Waals surface area contributed by atoms with Crippen molar-refractivity contribution < 1.29 is 14.6 Å². The predicted molar refractivity (Wildman–Crippen MR) is 79.1 cm³/mol. The quantitative estimate of drug-likeness (QED) is 0.915. The van der Waals surface area contributed by atoms with Crippen LogP contribution >= 0.6 is 0 Å². The van der Waals surface area contributed by atoms with Crippen molar-refractivity contribution in [2.45, 2.75) is 19.6 Å². The summed E-state index contributed by atoms with van der Waals surface area (Å²) in [5.74, 6) is 1.18. The van der Waals surface area contributed by atoms with Crippen molar-refractivity contribution in [3.63, 3.8) is 0 Å². The molecular weight excluding hydrogens is 266 g/mol. The van der Waals surface area contributed by atoms with E-state index >= 15 is 0 Å². The molecule has 1 N–H and O–H groups in total. The molecule has 0 aromatic heterocycles. The number of hydrogen-bond donors (Lipinski definition) is 1. The van der Waals surface area contributed by atoms with Gasteiger partial charge in [-0.3, -0.25) is 0 Å². The van der Waals surface area contributed by atoms with Crippen molar-refractivity contribution in [2.24, 2.45) is 0 Å². The van der Waals surface area contributed by atoms with Crippen LogP contribution in [0.25, 0.3) is 0 Å². The Labute approximate surface area is 124 Å². The van der Waals surface area contributed by atoms with Gasteiger partial charge in [0.2, 0.25) is 0 Å². The standard InChI is InChI=1S/C17H17NO3/c1-12(19)15-6-7-16(17(9-15)20-2)21-11-14-5-3-4-13(8-14)10-18/h3-9,12,19H,11H2,1-2H3. The number of nitrogens with zero attached hydrogens (tertiary/aromatic N) is 1. The van der Waals surface area contributed by atoms with Crippen LogP contribution in [-0.2, 0) is 6.61 Å². The van der Waals surface area contributed by atoms with E-state index in [1.165, 1.54) is 0 Å². The number of hydrogen-bond acceptors (Lipinski definition) is 4. The lowest BCUT2D eigenvalue weighted by atomic mass is 10.1. The topological polar surface area (TPSA) is 62.5 Å². The van der Waals surface area contributed by atoms with Gasteiger partial charge in [-0.15, -0.1) is 0 Å². The average molecular weight is 283 g/mol. The first-order valence-electron chi connectivity index (χ1n) is 6.62. The van der Waals surface area contributed by atoms with Crippen molar-refractivity contribution in [2.75, 3.05) is 7.11 Å². The Morgan fingerprint density at radius 1 is 1.19 bits per heavy atom. The number of rotatable bonds is 5. The van der Waals surface area contributed by atoms with Crippen LogP contribution in [-0.4, -0.2) is 12.2 Å². The van der Waals surface area contributed by atoms with Gasteiger partial charge < -0.3 is 14.6 Å². The highest BCUT2D eigenvalue weighted by Crippen LogP contribution is 2.30. The van der Waals surface area contributed by atoms with Crippen LogP contribution < -0.4 is 9.47 Å². The number of aliphatic hydroxyl groups excluding tert-OH is 1. The minimum Gasteiger partial charge on any atom is -0.493 e. The molecular formula is C17H17NO3. The molecule has 108 valence electrons. The summed E-state index contributed by atoms with van der Waals surface area (Å²) in [6.07, 6.45) is -0.555. The zero-order valence-electron chi connectivity index (χ0n) is 12.0. The molecule has 0 radical (unpaired) electrons. The lowest BCUT2D eigenvalue weighted by molar-refractivity contribution is 0.198. The van der Waals surface area contributed by atoms with Crippen molar-refractivity contribution in [1.29, 1.82) is 5.26 Å². The number of nitriles is 1. The van der Waals surface area contributed by atoms with Crippen molar-refractivity contribution in [1.82, 2.24) is 0 Å². The van der Waals surface area contributed by atoms with Crippen LogP contribution in [0.2, 0.25) is 0 Å². The lowest BCUT2D eigenvalue weighted by Gasteiger charge is -2.13. The Hall–Kier alpha value is -2.51. The Morgan fingerprint density at radius 2 is 2.00 bits per heavy atom. The number of ether oxygens (including phenoxy) is 2. The van der Waals surface area contributed by atoms with Crippen molar-refractivity contribution >= 4 is 0 Å². The fourth-order valence-electron chi connectivity index (χ4n) is 1.96. The zero-order valence-corrected chi connectivity index (χ0v) is 12.0. The first-order chi connectivity index (χ1) is 10.1. The molecule has 2 aromatic rings. The molecule has 2 rings (SSSR count). The van der Waals surface area contributed by atoms with Gasteiger partial charge in [-0.2, -0.15) is 5.26 Å². The van der Waals surface area contributed by atoms with Gasteiger partial charge >= 0.3 is 0 Å². The van der Waals surface area contributed by atoms with E-state index in [1.54, 1.807) is 44.4 Å². The molecule has 0 saturated carbocycles. The molecule has 0 heterocycles. The van der Waals surface area contributed by atoms with Crippen molar-refractivity contribution in [3.05, 3.63) is 59.2 Å². The second-order valence-electron chi connectivity index (χ2n) is 4.69. The summed E-state index contributed by atoms with van der Waals surface area (Å²) >= 11 is 0. The molecule has 2 aromatic carbocycles. The van der Waals surface area contributed by atoms with Gasteiger partial charge in [-0.25, -0.2) is 0 Å². The summed E-state index contributed by atoms with van der Waals surface area (Å²) in [4.78, 5) is 0. The summed E-state index contributed by atoms with van der Waals surface area (Å²) < 4.78 is 11.0. The monoisotopic (exact) mass is 283 g/mol. The van der Waals surface area contributed by atoms with E-state index in [1.807, 2.05) is 12.1 Å². The van der Waals surface area contributed by atoms with Gasteiger partial charge in [-0.1, -0.05) is 18.2 Å². The van der Waals surface area contributed by atoms with Gasteiger partial charge in [0.25, 0.3) is 0 Å². The molecule has 4 heteroatoms. The molecule has 0 bridgehead atoms. The molecule has 1 atom stereocenters. The summed E-state index contributed by atoms with van der Waals surface area (Å²) in [5, 5.41) is 18.5. The first kappa shape index (κ1) is 14.9. The third-order valence-corrected chi connectivity index (χ3v) is 3.12. The SMILES string of the molecule is COc1cc(C(C)O)ccc1OCc1cccc(C#N)c1. The fourth-order valence-corrected chi connectivity index (χ4v) is 1.96.